The maximum absolute atomic E-state index is 13.9. The van der Waals surface area contributed by atoms with Gasteiger partial charge in [0.2, 0.25) is 0 Å². The normalized spacial score (nSPS) is 22.0. The van der Waals surface area contributed by atoms with Crippen LogP contribution in [-0.2, 0) is 29.7 Å². The monoisotopic (exact) mass is 472 g/mol. The quantitative estimate of drug-likeness (QED) is 0.634. The van der Waals surface area contributed by atoms with Crippen LogP contribution in [0.1, 0.15) is 44.2 Å². The molecule has 1 fully saturated rings. The number of amides is 1. The molecule has 0 saturated carbocycles. The molecule has 176 valence electrons. The van der Waals surface area contributed by atoms with Crippen molar-refractivity contribution in [1.82, 2.24) is 4.90 Å². The second-order valence-corrected chi connectivity index (χ2v) is 11.1. The summed E-state index contributed by atoms with van der Waals surface area (Å²) in [7, 11) is -1.62. The van der Waals surface area contributed by atoms with Crippen molar-refractivity contribution in [2.45, 2.75) is 55.6 Å². The second kappa shape index (κ2) is 8.06. The van der Waals surface area contributed by atoms with Gasteiger partial charge in [-0.3, -0.25) is 4.90 Å². The molecule has 0 N–H and O–H groups in total. The molecule has 2 aliphatic heterocycles. The number of hydrogen-bond donors (Lipinski definition) is 0. The summed E-state index contributed by atoms with van der Waals surface area (Å²) < 4.78 is 39.0. The minimum Gasteiger partial charge on any atom is -0.467 e. The Kier molecular flexibility index (Phi) is 5.64. The van der Waals surface area contributed by atoms with Crippen LogP contribution in [-0.4, -0.2) is 51.8 Å². The van der Waals surface area contributed by atoms with Crippen LogP contribution >= 0.6 is 0 Å². The van der Waals surface area contributed by atoms with Crippen molar-refractivity contribution in [2.75, 3.05) is 18.5 Å². The van der Waals surface area contributed by atoms with Gasteiger partial charge in [-0.05, 0) is 41.2 Å². The molecule has 0 unspecified atom stereocenters. The molecule has 8 nitrogen and oxygen atoms in total. The second-order valence-electron chi connectivity index (χ2n) is 9.31. The fourth-order valence-electron chi connectivity index (χ4n) is 4.76. The van der Waals surface area contributed by atoms with E-state index in [2.05, 4.69) is 20.8 Å². The third-order valence-corrected chi connectivity index (χ3v) is 8.21. The van der Waals surface area contributed by atoms with E-state index in [4.69, 9.17) is 9.47 Å². The number of ether oxygens (including phenoxy) is 2. The summed E-state index contributed by atoms with van der Waals surface area (Å²) in [5.41, 5.74) is 2.13. The number of rotatable bonds is 3. The van der Waals surface area contributed by atoms with E-state index < -0.39 is 40.2 Å². The van der Waals surface area contributed by atoms with Gasteiger partial charge in [0, 0.05) is 5.92 Å². The van der Waals surface area contributed by atoms with E-state index in [0.29, 0.717) is 5.69 Å². The molecule has 2 aromatic carbocycles. The molecule has 3 atom stereocenters. The van der Waals surface area contributed by atoms with Crippen LogP contribution in [0.15, 0.2) is 53.4 Å². The number of esters is 1. The molecular weight excluding hydrogens is 444 g/mol. The lowest BCUT2D eigenvalue weighted by Gasteiger charge is -2.34. The highest BCUT2D eigenvalue weighted by Crippen LogP contribution is 2.52. The first kappa shape index (κ1) is 23.1. The summed E-state index contributed by atoms with van der Waals surface area (Å²) >= 11 is 0. The molecule has 0 spiro atoms. The zero-order valence-corrected chi connectivity index (χ0v) is 20.1. The van der Waals surface area contributed by atoms with Gasteiger partial charge in [-0.2, -0.15) is 0 Å². The maximum Gasteiger partial charge on any atom is 0.411 e. The van der Waals surface area contributed by atoms with Crippen LogP contribution in [0.5, 0.6) is 0 Å². The topological polar surface area (TPSA) is 93.2 Å². The molecule has 4 rings (SSSR count). The zero-order valence-electron chi connectivity index (χ0n) is 19.3. The Hall–Kier alpha value is -3.07. The first-order chi connectivity index (χ1) is 15.5. The van der Waals surface area contributed by atoms with Crippen LogP contribution < -0.4 is 4.31 Å². The van der Waals surface area contributed by atoms with Crippen LogP contribution in [0.25, 0.3) is 0 Å². The smallest absolute Gasteiger partial charge is 0.411 e. The minimum atomic E-state index is -4.07. The maximum atomic E-state index is 13.9. The van der Waals surface area contributed by atoms with Gasteiger partial charge in [0.25, 0.3) is 10.0 Å². The molecule has 0 bridgehead atoms. The van der Waals surface area contributed by atoms with Crippen molar-refractivity contribution in [3.8, 4) is 0 Å². The van der Waals surface area contributed by atoms with E-state index in [1.54, 1.807) is 36.4 Å². The fraction of sp³-hybridized carbons (Fsp3) is 0.417. The van der Waals surface area contributed by atoms with Gasteiger partial charge in [-0.25, -0.2) is 22.3 Å². The van der Waals surface area contributed by atoms with Crippen molar-refractivity contribution in [3.05, 3.63) is 59.7 Å². The Bertz CT molecular complexity index is 1190. The van der Waals surface area contributed by atoms with E-state index in [9.17, 15) is 18.0 Å². The SMILES string of the molecule is COC(=O)[C@H]1C[C@H]2c3ccccc3N(S(=O)(=O)c3ccc(C(C)(C)C)cc3)[C@H]2N1C(=O)OC. The molecule has 9 heteroatoms. The summed E-state index contributed by atoms with van der Waals surface area (Å²) in [6.45, 7) is 6.16. The molecular formula is C24H28N2O6S. The van der Waals surface area contributed by atoms with Gasteiger partial charge in [-0.15, -0.1) is 0 Å². The number of methoxy groups -OCH3 is 2. The minimum absolute atomic E-state index is 0.109. The lowest BCUT2D eigenvalue weighted by Crippen LogP contribution is -2.53. The Morgan fingerprint density at radius 3 is 2.18 bits per heavy atom. The average molecular weight is 473 g/mol. The Labute approximate surface area is 194 Å². The number of benzene rings is 2. The molecule has 2 aromatic rings. The van der Waals surface area contributed by atoms with Crippen molar-refractivity contribution < 1.29 is 27.5 Å². The van der Waals surface area contributed by atoms with Crippen molar-refractivity contribution >= 4 is 27.8 Å². The van der Waals surface area contributed by atoms with E-state index in [1.165, 1.54) is 23.4 Å². The van der Waals surface area contributed by atoms with Gasteiger partial charge < -0.3 is 9.47 Å². The van der Waals surface area contributed by atoms with Crippen molar-refractivity contribution in [2.24, 2.45) is 0 Å². The van der Waals surface area contributed by atoms with Gasteiger partial charge in [0.15, 0.2) is 0 Å². The highest BCUT2D eigenvalue weighted by atomic mass is 32.2. The summed E-state index contributed by atoms with van der Waals surface area (Å²) in [6, 6.07) is 12.9. The predicted octanol–water partition coefficient (Wildman–Crippen LogP) is 3.62. The van der Waals surface area contributed by atoms with Gasteiger partial charge in [0.05, 0.1) is 24.8 Å². The first-order valence-corrected chi connectivity index (χ1v) is 12.1. The average Bonchev–Trinajstić information content (AvgIpc) is 3.32. The molecule has 2 heterocycles. The van der Waals surface area contributed by atoms with Crippen LogP contribution in [0, 0.1) is 0 Å². The number of para-hydroxylation sites is 1. The number of carbonyl (C=O) groups is 2. The molecule has 0 aromatic heterocycles. The number of sulfonamides is 1. The summed E-state index contributed by atoms with van der Waals surface area (Å²) in [5, 5.41) is 0. The van der Waals surface area contributed by atoms with Crippen molar-refractivity contribution in [1.29, 1.82) is 0 Å². The lowest BCUT2D eigenvalue weighted by molar-refractivity contribution is -0.145. The Morgan fingerprint density at radius 2 is 1.61 bits per heavy atom. The lowest BCUT2D eigenvalue weighted by atomic mass is 9.87. The number of nitrogens with zero attached hydrogens (tertiary/aromatic N) is 2. The van der Waals surface area contributed by atoms with E-state index >= 15 is 0 Å². The van der Waals surface area contributed by atoms with E-state index in [-0.39, 0.29) is 16.7 Å². The number of likely N-dealkylation sites (tertiary alicyclic amines) is 1. The highest BCUT2D eigenvalue weighted by Gasteiger charge is 2.58. The van der Waals surface area contributed by atoms with Crippen LogP contribution in [0.3, 0.4) is 0 Å². The third kappa shape index (κ3) is 3.64. The molecule has 2 aliphatic rings. The molecule has 1 saturated heterocycles. The number of anilines is 1. The highest BCUT2D eigenvalue weighted by molar-refractivity contribution is 7.92. The summed E-state index contributed by atoms with van der Waals surface area (Å²) in [4.78, 5) is 26.6. The Balaban J connectivity index is 1.85. The van der Waals surface area contributed by atoms with Gasteiger partial charge >= 0.3 is 12.1 Å². The molecule has 1 amide bonds. The first-order valence-electron chi connectivity index (χ1n) is 10.7. The number of fused-ring (bicyclic) bond motifs is 3. The predicted molar refractivity (Wildman–Crippen MR) is 122 cm³/mol. The van der Waals surface area contributed by atoms with Crippen LogP contribution in [0.2, 0.25) is 0 Å². The van der Waals surface area contributed by atoms with Crippen LogP contribution in [0.4, 0.5) is 10.5 Å². The number of carbonyl (C=O) groups excluding carboxylic acids is 2. The summed E-state index contributed by atoms with van der Waals surface area (Å²) in [5.74, 6) is -1.01. The largest absolute Gasteiger partial charge is 0.467 e. The Morgan fingerprint density at radius 1 is 0.970 bits per heavy atom. The van der Waals surface area contributed by atoms with Crippen molar-refractivity contribution in [3.63, 3.8) is 0 Å². The third-order valence-electron chi connectivity index (χ3n) is 6.41. The van der Waals surface area contributed by atoms with Gasteiger partial charge in [-0.1, -0.05) is 51.1 Å². The van der Waals surface area contributed by atoms with Gasteiger partial charge in [0.1, 0.15) is 12.2 Å². The zero-order chi connectivity index (χ0) is 24.1. The summed E-state index contributed by atoms with van der Waals surface area (Å²) in [6.07, 6.45) is -1.49. The number of hydrogen-bond acceptors (Lipinski definition) is 6. The molecule has 0 aliphatic carbocycles. The fourth-order valence-corrected chi connectivity index (χ4v) is 6.43. The standard InChI is InChI=1S/C24H28N2O6S/c1-24(2,3)15-10-12-16(13-11-15)33(29,30)26-19-9-7-6-8-17(19)18-14-20(22(27)31-4)25(21(18)26)23(28)32-5/h6-13,18,20-21H,14H2,1-5H3/t18-,20+,21+/m0/s1. The van der Waals surface area contributed by atoms with E-state index in [1.807, 2.05) is 12.1 Å². The molecule has 0 radical (unpaired) electrons. The molecule has 33 heavy (non-hydrogen) atoms. The van der Waals surface area contributed by atoms with E-state index in [0.717, 1.165) is 11.1 Å².